The lowest BCUT2D eigenvalue weighted by molar-refractivity contribution is -0.114. The van der Waals surface area contributed by atoms with Crippen LogP contribution in [-0.4, -0.2) is 27.3 Å². The molecule has 0 bridgehead atoms. The molecule has 166 valence electrons. The van der Waals surface area contributed by atoms with Gasteiger partial charge in [-0.15, -0.1) is 0 Å². The highest BCUT2D eigenvalue weighted by Gasteiger charge is 2.22. The molecule has 2 amide bonds. The van der Waals surface area contributed by atoms with E-state index in [0.29, 0.717) is 5.69 Å². The van der Waals surface area contributed by atoms with E-state index in [9.17, 15) is 18.0 Å². The number of carbonyl (C=O) groups excluding carboxylic acids is 2. The fourth-order valence-electron chi connectivity index (χ4n) is 2.85. The minimum Gasteiger partial charge on any atom is -0.495 e. The molecule has 0 saturated carbocycles. The summed E-state index contributed by atoms with van der Waals surface area (Å²) in [6.45, 7) is 1.36. The highest BCUT2D eigenvalue weighted by atomic mass is 35.5. The zero-order chi connectivity index (χ0) is 23.3. The Labute approximate surface area is 190 Å². The van der Waals surface area contributed by atoms with Gasteiger partial charge in [-0.25, -0.2) is 8.42 Å². The number of hydrogen-bond acceptors (Lipinski definition) is 5. The molecule has 3 aromatic rings. The highest BCUT2D eigenvalue weighted by Crippen LogP contribution is 2.31. The fourth-order valence-corrected chi connectivity index (χ4v) is 4.37. The molecule has 0 fully saturated rings. The van der Waals surface area contributed by atoms with Gasteiger partial charge in [0.05, 0.1) is 17.8 Å². The average Bonchev–Trinajstić information content (AvgIpc) is 2.75. The van der Waals surface area contributed by atoms with Gasteiger partial charge in [-0.05, 0) is 48.5 Å². The Morgan fingerprint density at radius 3 is 2.31 bits per heavy atom. The number of amides is 2. The van der Waals surface area contributed by atoms with Crippen molar-refractivity contribution in [3.63, 3.8) is 0 Å². The Bertz CT molecular complexity index is 1280. The molecular weight excluding hydrogens is 454 g/mol. The number of ether oxygens (including phenoxy) is 1. The largest absolute Gasteiger partial charge is 0.495 e. The number of halogens is 1. The van der Waals surface area contributed by atoms with Crippen molar-refractivity contribution >= 4 is 50.5 Å². The van der Waals surface area contributed by atoms with Gasteiger partial charge in [0.2, 0.25) is 5.91 Å². The number of anilines is 3. The van der Waals surface area contributed by atoms with E-state index in [1.54, 1.807) is 36.4 Å². The molecule has 0 spiro atoms. The second-order valence-electron chi connectivity index (χ2n) is 6.67. The van der Waals surface area contributed by atoms with Crippen molar-refractivity contribution in [2.45, 2.75) is 11.8 Å². The second-order valence-corrected chi connectivity index (χ2v) is 8.73. The van der Waals surface area contributed by atoms with Crippen LogP contribution in [0.2, 0.25) is 5.02 Å². The molecule has 0 aliphatic heterocycles. The summed E-state index contributed by atoms with van der Waals surface area (Å²) in [4.78, 5) is 23.7. The van der Waals surface area contributed by atoms with E-state index < -0.39 is 15.9 Å². The number of benzene rings is 3. The van der Waals surface area contributed by atoms with Crippen LogP contribution in [0, 0.1) is 0 Å². The van der Waals surface area contributed by atoms with Gasteiger partial charge in [0, 0.05) is 23.9 Å². The number of sulfonamides is 1. The van der Waals surface area contributed by atoms with Crippen molar-refractivity contribution < 1.29 is 22.7 Å². The first-order chi connectivity index (χ1) is 15.2. The van der Waals surface area contributed by atoms with Gasteiger partial charge in [-0.1, -0.05) is 29.8 Å². The summed E-state index contributed by atoms with van der Waals surface area (Å²) >= 11 is 6.06. The lowest BCUT2D eigenvalue weighted by Gasteiger charge is -2.14. The van der Waals surface area contributed by atoms with Crippen LogP contribution >= 0.6 is 11.6 Å². The van der Waals surface area contributed by atoms with Gasteiger partial charge >= 0.3 is 0 Å². The summed E-state index contributed by atoms with van der Waals surface area (Å²) in [5.41, 5.74) is 1.19. The van der Waals surface area contributed by atoms with E-state index in [0.717, 1.165) is 0 Å². The van der Waals surface area contributed by atoms with Crippen molar-refractivity contribution in [3.05, 3.63) is 77.3 Å². The first kappa shape index (κ1) is 23.1. The van der Waals surface area contributed by atoms with Crippen LogP contribution in [-0.2, 0) is 14.8 Å². The molecule has 0 atom stereocenters. The summed E-state index contributed by atoms with van der Waals surface area (Å²) < 4.78 is 33.6. The van der Waals surface area contributed by atoms with Crippen molar-refractivity contribution in [2.75, 3.05) is 22.5 Å². The Balaban J connectivity index is 1.88. The number of rotatable bonds is 7. The van der Waals surface area contributed by atoms with E-state index in [1.165, 1.54) is 44.4 Å². The molecule has 3 rings (SSSR count). The SMILES string of the molecule is COc1ccc(NC(=O)c2cccc(NC(C)=O)c2)cc1S(=O)(=O)Nc1ccccc1Cl. The van der Waals surface area contributed by atoms with E-state index in [2.05, 4.69) is 15.4 Å². The third-order valence-corrected chi connectivity index (χ3v) is 5.99. The molecule has 0 unspecified atom stereocenters. The minimum atomic E-state index is -4.08. The molecule has 0 aliphatic rings. The number of methoxy groups -OCH3 is 1. The molecule has 0 aliphatic carbocycles. The third-order valence-electron chi connectivity index (χ3n) is 4.27. The summed E-state index contributed by atoms with van der Waals surface area (Å²) in [5, 5.41) is 5.49. The van der Waals surface area contributed by atoms with Gasteiger partial charge in [0.15, 0.2) is 0 Å². The topological polar surface area (TPSA) is 114 Å². The van der Waals surface area contributed by atoms with Crippen LogP contribution in [0.5, 0.6) is 5.75 Å². The molecule has 0 saturated heterocycles. The number of carbonyl (C=O) groups is 2. The van der Waals surface area contributed by atoms with Gasteiger partial charge in [0.1, 0.15) is 10.6 Å². The monoisotopic (exact) mass is 473 g/mol. The molecule has 0 aromatic heterocycles. The molecule has 0 radical (unpaired) electrons. The Hall–Kier alpha value is -3.56. The second kappa shape index (κ2) is 9.71. The van der Waals surface area contributed by atoms with Gasteiger partial charge < -0.3 is 15.4 Å². The van der Waals surface area contributed by atoms with Gasteiger partial charge in [-0.3, -0.25) is 14.3 Å². The van der Waals surface area contributed by atoms with Crippen molar-refractivity contribution in [1.82, 2.24) is 0 Å². The zero-order valence-electron chi connectivity index (χ0n) is 17.2. The van der Waals surface area contributed by atoms with Gasteiger partial charge in [0.25, 0.3) is 15.9 Å². The number of nitrogens with one attached hydrogen (secondary N) is 3. The minimum absolute atomic E-state index is 0.0928. The molecule has 32 heavy (non-hydrogen) atoms. The van der Waals surface area contributed by atoms with Crippen LogP contribution in [0.1, 0.15) is 17.3 Å². The Morgan fingerprint density at radius 2 is 1.62 bits per heavy atom. The molecule has 0 heterocycles. The Morgan fingerprint density at radius 1 is 0.906 bits per heavy atom. The molecular formula is C22H20ClN3O5S. The first-order valence-electron chi connectivity index (χ1n) is 9.34. The maximum Gasteiger partial charge on any atom is 0.265 e. The summed E-state index contributed by atoms with van der Waals surface area (Å²) in [7, 11) is -2.74. The van der Waals surface area contributed by atoms with E-state index in [1.807, 2.05) is 0 Å². The Kier molecular flexibility index (Phi) is 7.01. The lowest BCUT2D eigenvalue weighted by atomic mass is 10.2. The van der Waals surface area contributed by atoms with Crippen molar-refractivity contribution in [3.8, 4) is 5.75 Å². The lowest BCUT2D eigenvalue weighted by Crippen LogP contribution is -2.16. The maximum absolute atomic E-state index is 13.0. The normalized spacial score (nSPS) is 10.8. The smallest absolute Gasteiger partial charge is 0.265 e. The number of para-hydroxylation sites is 1. The summed E-state index contributed by atoms with van der Waals surface area (Å²) in [5.74, 6) is -0.654. The number of hydrogen-bond donors (Lipinski definition) is 3. The zero-order valence-corrected chi connectivity index (χ0v) is 18.8. The molecule has 3 N–H and O–H groups in total. The average molecular weight is 474 g/mol. The van der Waals surface area contributed by atoms with E-state index in [-0.39, 0.29) is 38.5 Å². The molecule has 10 heteroatoms. The molecule has 8 nitrogen and oxygen atoms in total. The van der Waals surface area contributed by atoms with Crippen molar-refractivity contribution in [1.29, 1.82) is 0 Å². The van der Waals surface area contributed by atoms with Crippen LogP contribution in [0.15, 0.2) is 71.6 Å². The highest BCUT2D eigenvalue weighted by molar-refractivity contribution is 7.92. The van der Waals surface area contributed by atoms with Crippen LogP contribution in [0.4, 0.5) is 17.1 Å². The van der Waals surface area contributed by atoms with Crippen LogP contribution in [0.25, 0.3) is 0 Å². The van der Waals surface area contributed by atoms with Crippen LogP contribution in [0.3, 0.4) is 0 Å². The standard InChI is InChI=1S/C22H20ClN3O5S/c1-14(27)24-16-7-5-6-15(12-16)22(28)25-17-10-11-20(31-2)21(13-17)32(29,30)26-19-9-4-3-8-18(19)23/h3-13,26H,1-2H3,(H,24,27)(H,25,28). The van der Waals surface area contributed by atoms with E-state index >= 15 is 0 Å². The predicted octanol–water partition coefficient (Wildman–Crippen LogP) is 4.36. The quantitative estimate of drug-likeness (QED) is 0.471. The third kappa shape index (κ3) is 5.57. The first-order valence-corrected chi connectivity index (χ1v) is 11.2. The summed E-state index contributed by atoms with van der Waals surface area (Å²) in [6.07, 6.45) is 0. The maximum atomic E-state index is 13.0. The van der Waals surface area contributed by atoms with Crippen LogP contribution < -0.4 is 20.1 Å². The van der Waals surface area contributed by atoms with E-state index in [4.69, 9.17) is 16.3 Å². The van der Waals surface area contributed by atoms with Gasteiger partial charge in [-0.2, -0.15) is 0 Å². The van der Waals surface area contributed by atoms with Crippen molar-refractivity contribution in [2.24, 2.45) is 0 Å². The molecule has 3 aromatic carbocycles. The summed E-state index contributed by atoms with van der Waals surface area (Å²) in [6, 6.07) is 17.0. The fraction of sp³-hybridized carbons (Fsp3) is 0.0909. The predicted molar refractivity (Wildman–Crippen MR) is 124 cm³/mol.